The Morgan fingerprint density at radius 2 is 2.36 bits per heavy atom. The zero-order valence-electron chi connectivity index (χ0n) is 6.88. The van der Waals surface area contributed by atoms with Crippen molar-refractivity contribution in [2.75, 3.05) is 7.11 Å². The molecule has 1 N–H and O–H groups in total. The van der Waals surface area contributed by atoms with Crippen molar-refractivity contribution in [3.05, 3.63) is 17.5 Å². The van der Waals surface area contributed by atoms with E-state index >= 15 is 0 Å². The molecule has 0 aliphatic carbocycles. The molecule has 0 aliphatic heterocycles. The number of hydrogen-bond donors (Lipinski definition) is 1. The average Bonchev–Trinajstić information content (AvgIpc) is 2.28. The average molecular weight is 153 g/mol. The van der Waals surface area contributed by atoms with Gasteiger partial charge in [-0.25, -0.2) is 0 Å². The van der Waals surface area contributed by atoms with Crippen LogP contribution in [0.4, 0.5) is 0 Å². The van der Waals surface area contributed by atoms with Gasteiger partial charge >= 0.3 is 0 Å². The summed E-state index contributed by atoms with van der Waals surface area (Å²) < 4.78 is 6.43. The molecule has 11 heavy (non-hydrogen) atoms. The highest BCUT2D eigenvalue weighted by Gasteiger charge is 2.07. The topological polar surface area (TPSA) is 50.9 Å². The summed E-state index contributed by atoms with van der Waals surface area (Å²) in [6.07, 6.45) is 1.77. The van der Waals surface area contributed by atoms with Crippen LogP contribution < -0.4 is 0 Å². The van der Waals surface area contributed by atoms with Crippen molar-refractivity contribution < 1.29 is 4.74 Å². The monoisotopic (exact) mass is 153 g/mol. The number of aryl methyl sites for hydroxylation is 2. The third-order valence-corrected chi connectivity index (χ3v) is 1.46. The van der Waals surface area contributed by atoms with Gasteiger partial charge in [0, 0.05) is 13.2 Å². The minimum absolute atomic E-state index is 0.163. The summed E-state index contributed by atoms with van der Waals surface area (Å²) in [6.45, 7) is 1.85. The Labute approximate surface area is 65.3 Å². The van der Waals surface area contributed by atoms with Crippen LogP contribution in [0, 0.1) is 12.3 Å². The molecule has 0 bridgehead atoms. The van der Waals surface area contributed by atoms with Gasteiger partial charge in [-0.3, -0.25) is 10.1 Å². The SMILES string of the molecule is COC(=N)c1cn(C)nc1C. The van der Waals surface area contributed by atoms with Gasteiger partial charge in [0.25, 0.3) is 0 Å². The molecule has 0 amide bonds. The summed E-state index contributed by atoms with van der Waals surface area (Å²) in [5.41, 5.74) is 1.56. The molecule has 0 saturated heterocycles. The van der Waals surface area contributed by atoms with Gasteiger partial charge in [0.2, 0.25) is 5.90 Å². The van der Waals surface area contributed by atoms with Gasteiger partial charge < -0.3 is 4.74 Å². The molecule has 60 valence electrons. The molecule has 4 nitrogen and oxygen atoms in total. The second kappa shape index (κ2) is 2.74. The molecule has 4 heteroatoms. The number of ether oxygens (including phenoxy) is 1. The van der Waals surface area contributed by atoms with Crippen LogP contribution in [0.2, 0.25) is 0 Å². The van der Waals surface area contributed by atoms with Crippen LogP contribution >= 0.6 is 0 Å². The molecule has 0 aliphatic rings. The lowest BCUT2D eigenvalue weighted by Crippen LogP contribution is -2.01. The lowest BCUT2D eigenvalue weighted by atomic mass is 10.3. The highest BCUT2D eigenvalue weighted by Crippen LogP contribution is 2.05. The normalized spacial score (nSPS) is 9.73. The molecule has 0 spiro atoms. The second-order valence-corrected chi connectivity index (χ2v) is 2.34. The van der Waals surface area contributed by atoms with Crippen LogP contribution in [0.15, 0.2) is 6.20 Å². The van der Waals surface area contributed by atoms with E-state index in [1.807, 2.05) is 14.0 Å². The van der Waals surface area contributed by atoms with E-state index in [0.717, 1.165) is 11.3 Å². The van der Waals surface area contributed by atoms with E-state index in [4.69, 9.17) is 10.1 Å². The molecule has 0 aromatic carbocycles. The standard InChI is InChI=1S/C7H11N3O/c1-5-6(7(8)11-3)4-10(2)9-5/h4,8H,1-3H3. The molecule has 1 rings (SSSR count). The van der Waals surface area contributed by atoms with Crippen LogP contribution in [0.5, 0.6) is 0 Å². The summed E-state index contributed by atoms with van der Waals surface area (Å²) >= 11 is 0. The maximum atomic E-state index is 7.36. The zero-order valence-corrected chi connectivity index (χ0v) is 6.88. The maximum absolute atomic E-state index is 7.36. The number of nitrogens with zero attached hydrogens (tertiary/aromatic N) is 2. The number of hydrogen-bond acceptors (Lipinski definition) is 3. The first-order valence-electron chi connectivity index (χ1n) is 3.28. The predicted octanol–water partition coefficient (Wildman–Crippen LogP) is 0.700. The van der Waals surface area contributed by atoms with Crippen molar-refractivity contribution in [3.63, 3.8) is 0 Å². The fraction of sp³-hybridized carbons (Fsp3) is 0.429. The Balaban J connectivity index is 3.03. The van der Waals surface area contributed by atoms with Crippen molar-refractivity contribution in [2.45, 2.75) is 6.92 Å². The summed E-state index contributed by atoms with van der Waals surface area (Å²) in [6, 6.07) is 0. The van der Waals surface area contributed by atoms with Crippen molar-refractivity contribution >= 4 is 5.90 Å². The summed E-state index contributed by atoms with van der Waals surface area (Å²) in [5, 5.41) is 11.4. The quantitative estimate of drug-likeness (QED) is 0.477. The third-order valence-electron chi connectivity index (χ3n) is 1.46. The van der Waals surface area contributed by atoms with E-state index in [0.29, 0.717) is 0 Å². The minimum Gasteiger partial charge on any atom is -0.481 e. The van der Waals surface area contributed by atoms with Crippen LogP contribution in [0.25, 0.3) is 0 Å². The molecule has 0 unspecified atom stereocenters. The summed E-state index contributed by atoms with van der Waals surface area (Å²) in [4.78, 5) is 0. The number of nitrogens with one attached hydrogen (secondary N) is 1. The molecule has 0 saturated carbocycles. The van der Waals surface area contributed by atoms with Crippen molar-refractivity contribution in [1.29, 1.82) is 5.41 Å². The lowest BCUT2D eigenvalue weighted by Gasteiger charge is -1.97. The number of rotatable bonds is 1. The van der Waals surface area contributed by atoms with E-state index in [1.54, 1.807) is 10.9 Å². The Kier molecular flexibility index (Phi) is 1.94. The van der Waals surface area contributed by atoms with Gasteiger partial charge in [0.1, 0.15) is 0 Å². The first-order valence-corrected chi connectivity index (χ1v) is 3.28. The second-order valence-electron chi connectivity index (χ2n) is 2.34. The summed E-state index contributed by atoms with van der Waals surface area (Å²) in [5.74, 6) is 0.163. The van der Waals surface area contributed by atoms with Crippen LogP contribution in [0.1, 0.15) is 11.3 Å². The highest BCUT2D eigenvalue weighted by molar-refractivity contribution is 5.92. The van der Waals surface area contributed by atoms with Crippen molar-refractivity contribution in [1.82, 2.24) is 9.78 Å². The Morgan fingerprint density at radius 1 is 1.73 bits per heavy atom. The Hall–Kier alpha value is -1.32. The molecule has 0 atom stereocenters. The van der Waals surface area contributed by atoms with E-state index in [9.17, 15) is 0 Å². The Bertz CT molecular complexity index is 277. The Morgan fingerprint density at radius 3 is 2.73 bits per heavy atom. The van der Waals surface area contributed by atoms with Crippen LogP contribution in [-0.4, -0.2) is 22.8 Å². The first-order chi connectivity index (χ1) is 5.15. The van der Waals surface area contributed by atoms with E-state index in [1.165, 1.54) is 7.11 Å². The number of methoxy groups -OCH3 is 1. The van der Waals surface area contributed by atoms with Gasteiger partial charge in [-0.2, -0.15) is 5.10 Å². The molecular formula is C7H11N3O. The maximum Gasteiger partial charge on any atom is 0.216 e. The lowest BCUT2D eigenvalue weighted by molar-refractivity contribution is 0.401. The molecule has 1 aromatic rings. The molecule has 0 fully saturated rings. The summed E-state index contributed by atoms with van der Waals surface area (Å²) in [7, 11) is 3.30. The molecular weight excluding hydrogens is 142 g/mol. The third kappa shape index (κ3) is 1.39. The van der Waals surface area contributed by atoms with Gasteiger partial charge in [-0.1, -0.05) is 0 Å². The van der Waals surface area contributed by atoms with Gasteiger partial charge in [0.15, 0.2) is 0 Å². The molecule has 1 aromatic heterocycles. The molecule has 1 heterocycles. The first kappa shape index (κ1) is 7.78. The van der Waals surface area contributed by atoms with Crippen LogP contribution in [0.3, 0.4) is 0 Å². The smallest absolute Gasteiger partial charge is 0.216 e. The molecule has 0 radical (unpaired) electrons. The number of aromatic nitrogens is 2. The van der Waals surface area contributed by atoms with Gasteiger partial charge in [0.05, 0.1) is 18.4 Å². The highest BCUT2D eigenvalue weighted by atomic mass is 16.5. The van der Waals surface area contributed by atoms with Gasteiger partial charge in [-0.15, -0.1) is 0 Å². The van der Waals surface area contributed by atoms with Crippen molar-refractivity contribution in [3.8, 4) is 0 Å². The van der Waals surface area contributed by atoms with E-state index in [-0.39, 0.29) is 5.90 Å². The van der Waals surface area contributed by atoms with E-state index in [2.05, 4.69) is 5.10 Å². The van der Waals surface area contributed by atoms with Gasteiger partial charge in [-0.05, 0) is 6.92 Å². The minimum atomic E-state index is 0.163. The largest absolute Gasteiger partial charge is 0.481 e. The fourth-order valence-electron chi connectivity index (χ4n) is 0.932. The van der Waals surface area contributed by atoms with Crippen molar-refractivity contribution in [2.24, 2.45) is 7.05 Å². The predicted molar refractivity (Wildman–Crippen MR) is 41.8 cm³/mol. The zero-order chi connectivity index (χ0) is 8.43. The van der Waals surface area contributed by atoms with E-state index < -0.39 is 0 Å². The fourth-order valence-corrected chi connectivity index (χ4v) is 0.932. The van der Waals surface area contributed by atoms with Crippen LogP contribution in [-0.2, 0) is 11.8 Å².